The summed E-state index contributed by atoms with van der Waals surface area (Å²) in [5.74, 6) is -0.732. The van der Waals surface area contributed by atoms with Gasteiger partial charge in [-0.3, -0.25) is 0 Å². The number of benzene rings is 2. The molecule has 3 atom stereocenters. The van der Waals surface area contributed by atoms with Gasteiger partial charge in [0, 0.05) is 5.56 Å². The number of nitriles is 1. The largest absolute Gasteiger partial charge is 0.366 e. The van der Waals surface area contributed by atoms with Gasteiger partial charge in [-0.05, 0) is 17.8 Å². The van der Waals surface area contributed by atoms with Crippen molar-refractivity contribution in [2.75, 3.05) is 0 Å². The van der Waals surface area contributed by atoms with Gasteiger partial charge in [0.15, 0.2) is 10.8 Å². The predicted octanol–water partition coefficient (Wildman–Crippen LogP) is 2.19. The second kappa shape index (κ2) is 5.76. The van der Waals surface area contributed by atoms with Crippen LogP contribution in [-0.2, 0) is 5.72 Å². The lowest BCUT2D eigenvalue weighted by Gasteiger charge is -2.43. The molecular weight excluding hydrogens is 294 g/mol. The van der Waals surface area contributed by atoms with Crippen LogP contribution < -0.4 is 10.6 Å². The van der Waals surface area contributed by atoms with Gasteiger partial charge in [-0.15, -0.1) is 0 Å². The molecule has 110 valence electrons. The summed E-state index contributed by atoms with van der Waals surface area (Å²) in [5, 5.41) is 27.1. The summed E-state index contributed by atoms with van der Waals surface area (Å²) >= 11 is 5.24. The van der Waals surface area contributed by atoms with Gasteiger partial charge in [-0.2, -0.15) is 5.26 Å². The molecule has 1 heterocycles. The highest BCUT2D eigenvalue weighted by molar-refractivity contribution is 7.80. The zero-order chi connectivity index (χ0) is 15.6. The van der Waals surface area contributed by atoms with Gasteiger partial charge >= 0.3 is 0 Å². The van der Waals surface area contributed by atoms with Crippen LogP contribution in [0.2, 0.25) is 0 Å². The predicted molar refractivity (Wildman–Crippen MR) is 87.5 cm³/mol. The highest BCUT2D eigenvalue weighted by Crippen LogP contribution is 2.38. The summed E-state index contributed by atoms with van der Waals surface area (Å²) < 4.78 is 0. The Hall–Kier alpha value is -2.42. The van der Waals surface area contributed by atoms with E-state index in [9.17, 15) is 10.4 Å². The van der Waals surface area contributed by atoms with E-state index in [1.807, 2.05) is 48.5 Å². The topological polar surface area (TPSA) is 68.1 Å². The second-order valence-electron chi connectivity index (χ2n) is 5.23. The Morgan fingerprint density at radius 1 is 1.05 bits per heavy atom. The van der Waals surface area contributed by atoms with E-state index in [4.69, 9.17) is 12.2 Å². The molecule has 0 amide bonds. The molecule has 3 N–H and O–H groups in total. The maximum atomic E-state index is 11.1. The fraction of sp³-hybridized carbons (Fsp3) is 0.176. The van der Waals surface area contributed by atoms with Crippen molar-refractivity contribution in [1.29, 1.82) is 5.26 Å². The lowest BCUT2D eigenvalue weighted by Crippen LogP contribution is -2.62. The first-order valence-electron chi connectivity index (χ1n) is 6.96. The number of nitrogens with one attached hydrogen (secondary N) is 2. The van der Waals surface area contributed by atoms with Crippen LogP contribution >= 0.6 is 12.2 Å². The number of rotatable bonds is 2. The first-order chi connectivity index (χ1) is 10.6. The van der Waals surface area contributed by atoms with Crippen molar-refractivity contribution in [3.63, 3.8) is 0 Å². The lowest BCUT2D eigenvalue weighted by molar-refractivity contribution is -0.0401. The highest BCUT2D eigenvalue weighted by Gasteiger charge is 2.48. The molecule has 3 unspecified atom stereocenters. The van der Waals surface area contributed by atoms with Crippen LogP contribution in [0.1, 0.15) is 17.2 Å². The van der Waals surface area contributed by atoms with E-state index in [-0.39, 0.29) is 6.04 Å². The number of aliphatic hydroxyl groups is 1. The molecule has 1 fully saturated rings. The minimum atomic E-state index is -1.53. The molecule has 22 heavy (non-hydrogen) atoms. The fourth-order valence-electron chi connectivity index (χ4n) is 2.80. The number of hydrogen-bond acceptors (Lipinski definition) is 3. The van der Waals surface area contributed by atoms with Gasteiger partial charge in [0.2, 0.25) is 0 Å². The molecule has 0 spiro atoms. The summed E-state index contributed by atoms with van der Waals surface area (Å²) in [6.07, 6.45) is 0. The van der Waals surface area contributed by atoms with Gasteiger partial charge in [-0.25, -0.2) is 0 Å². The van der Waals surface area contributed by atoms with Gasteiger partial charge in [0.1, 0.15) is 5.92 Å². The van der Waals surface area contributed by atoms with Crippen LogP contribution in [-0.4, -0.2) is 10.2 Å². The van der Waals surface area contributed by atoms with Crippen LogP contribution in [0.3, 0.4) is 0 Å². The third-order valence-corrected chi connectivity index (χ3v) is 4.11. The standard InChI is InChI=1S/C17H15N3OS/c18-11-14-15(12-7-3-1-4-8-12)19-16(22)20-17(14,21)13-9-5-2-6-10-13/h1-10,14-15,21H,(H2,19,20,22). The molecule has 3 rings (SSSR count). The molecule has 2 aromatic rings. The summed E-state index contributed by atoms with van der Waals surface area (Å²) in [4.78, 5) is 0. The zero-order valence-electron chi connectivity index (χ0n) is 11.7. The van der Waals surface area contributed by atoms with E-state index < -0.39 is 11.6 Å². The number of nitrogens with zero attached hydrogens (tertiary/aromatic N) is 1. The molecule has 1 aliphatic heterocycles. The maximum absolute atomic E-state index is 11.1. The van der Waals surface area contributed by atoms with E-state index in [1.165, 1.54) is 0 Å². The van der Waals surface area contributed by atoms with E-state index >= 15 is 0 Å². The molecule has 0 bridgehead atoms. The first kappa shape index (κ1) is 14.5. The van der Waals surface area contributed by atoms with Crippen LogP contribution in [0.5, 0.6) is 0 Å². The Bertz CT molecular complexity index is 714. The fourth-order valence-corrected chi connectivity index (χ4v) is 3.08. The molecule has 1 aliphatic rings. The zero-order valence-corrected chi connectivity index (χ0v) is 12.5. The Balaban J connectivity index is 2.08. The van der Waals surface area contributed by atoms with Crippen molar-refractivity contribution in [3.05, 3.63) is 71.8 Å². The Kier molecular flexibility index (Phi) is 3.80. The molecule has 5 heteroatoms. The molecule has 4 nitrogen and oxygen atoms in total. The number of hydrogen-bond donors (Lipinski definition) is 3. The van der Waals surface area contributed by atoms with E-state index in [0.717, 1.165) is 5.56 Å². The molecule has 0 aliphatic carbocycles. The summed E-state index contributed by atoms with van der Waals surface area (Å²) in [5.41, 5.74) is -0.00245. The third-order valence-electron chi connectivity index (χ3n) is 3.89. The molecule has 2 aromatic carbocycles. The Morgan fingerprint density at radius 3 is 2.23 bits per heavy atom. The molecular formula is C17H15N3OS. The van der Waals surface area contributed by atoms with Crippen molar-refractivity contribution in [2.24, 2.45) is 5.92 Å². The highest BCUT2D eigenvalue weighted by atomic mass is 32.1. The van der Waals surface area contributed by atoms with Crippen molar-refractivity contribution < 1.29 is 5.11 Å². The normalized spacial score (nSPS) is 27.4. The van der Waals surface area contributed by atoms with Crippen molar-refractivity contribution in [1.82, 2.24) is 10.6 Å². The van der Waals surface area contributed by atoms with E-state index in [0.29, 0.717) is 10.7 Å². The van der Waals surface area contributed by atoms with Crippen molar-refractivity contribution in [2.45, 2.75) is 11.8 Å². The van der Waals surface area contributed by atoms with Gasteiger partial charge in [0.25, 0.3) is 0 Å². The average Bonchev–Trinajstić information content (AvgIpc) is 2.56. The summed E-state index contributed by atoms with van der Waals surface area (Å²) in [6.45, 7) is 0. The van der Waals surface area contributed by atoms with Crippen LogP contribution in [0.25, 0.3) is 0 Å². The van der Waals surface area contributed by atoms with E-state index in [1.54, 1.807) is 12.1 Å². The summed E-state index contributed by atoms with van der Waals surface area (Å²) in [7, 11) is 0. The number of thiocarbonyl (C=S) groups is 1. The van der Waals surface area contributed by atoms with E-state index in [2.05, 4.69) is 16.7 Å². The smallest absolute Gasteiger partial charge is 0.182 e. The van der Waals surface area contributed by atoms with Crippen LogP contribution in [0, 0.1) is 17.2 Å². The summed E-state index contributed by atoms with van der Waals surface area (Å²) in [6, 6.07) is 20.5. The Morgan fingerprint density at radius 2 is 1.64 bits per heavy atom. The lowest BCUT2D eigenvalue weighted by atomic mass is 9.80. The SMILES string of the molecule is N#CC1C(c2ccccc2)NC(=S)NC1(O)c1ccccc1. The second-order valence-corrected chi connectivity index (χ2v) is 5.63. The quantitative estimate of drug-likeness (QED) is 0.742. The first-order valence-corrected chi connectivity index (χ1v) is 7.37. The molecule has 0 radical (unpaired) electrons. The molecule has 0 saturated carbocycles. The molecule has 0 aromatic heterocycles. The van der Waals surface area contributed by atoms with Crippen LogP contribution in [0.4, 0.5) is 0 Å². The van der Waals surface area contributed by atoms with Gasteiger partial charge < -0.3 is 15.7 Å². The van der Waals surface area contributed by atoms with Crippen molar-refractivity contribution in [3.8, 4) is 6.07 Å². The molecule has 1 saturated heterocycles. The monoisotopic (exact) mass is 309 g/mol. The Labute approximate surface area is 134 Å². The van der Waals surface area contributed by atoms with Gasteiger partial charge in [-0.1, -0.05) is 60.7 Å². The van der Waals surface area contributed by atoms with Gasteiger partial charge in [0.05, 0.1) is 12.1 Å². The van der Waals surface area contributed by atoms with Crippen molar-refractivity contribution >= 4 is 17.3 Å². The maximum Gasteiger partial charge on any atom is 0.182 e. The minimum Gasteiger partial charge on any atom is -0.366 e. The van der Waals surface area contributed by atoms with Crippen LogP contribution in [0.15, 0.2) is 60.7 Å². The average molecular weight is 309 g/mol. The third kappa shape index (κ3) is 2.43. The minimum absolute atomic E-state index is 0.326.